The molecule has 18 heavy (non-hydrogen) atoms. The van der Waals surface area contributed by atoms with Crippen molar-refractivity contribution in [3.63, 3.8) is 0 Å². The fraction of sp³-hybridized carbons (Fsp3) is 1.00. The Kier molecular flexibility index (Phi) is 4.35. The number of ether oxygens (including phenoxy) is 1. The normalized spacial score (nSPS) is 34.0. The lowest BCUT2D eigenvalue weighted by Gasteiger charge is -2.52. The molecule has 2 rings (SSSR count). The number of aliphatic hydroxyl groups is 1. The summed E-state index contributed by atoms with van der Waals surface area (Å²) in [5.74, 6) is 0. The van der Waals surface area contributed by atoms with E-state index in [0.717, 1.165) is 32.4 Å². The van der Waals surface area contributed by atoms with Crippen molar-refractivity contribution >= 4 is 0 Å². The summed E-state index contributed by atoms with van der Waals surface area (Å²) in [7, 11) is 0. The first-order valence-electron chi connectivity index (χ1n) is 7.55. The van der Waals surface area contributed by atoms with Gasteiger partial charge >= 0.3 is 0 Å². The van der Waals surface area contributed by atoms with Crippen LogP contribution in [0.1, 0.15) is 59.3 Å². The SMILES string of the molecule is CCOC1CC(NCC2(O)CCCCC2)C1(C)C. The third-order valence-corrected chi connectivity index (χ3v) is 5.01. The Bertz CT molecular complexity index is 272. The molecule has 3 nitrogen and oxygen atoms in total. The second kappa shape index (κ2) is 5.48. The van der Waals surface area contributed by atoms with E-state index in [-0.39, 0.29) is 5.41 Å². The van der Waals surface area contributed by atoms with E-state index in [9.17, 15) is 5.11 Å². The molecule has 0 aromatic heterocycles. The van der Waals surface area contributed by atoms with Gasteiger partial charge in [-0.3, -0.25) is 0 Å². The molecule has 0 aromatic carbocycles. The van der Waals surface area contributed by atoms with Gasteiger partial charge in [-0.15, -0.1) is 0 Å². The number of hydrogen-bond donors (Lipinski definition) is 2. The van der Waals surface area contributed by atoms with Gasteiger partial charge in [-0.05, 0) is 26.2 Å². The van der Waals surface area contributed by atoms with Gasteiger partial charge in [0, 0.05) is 24.6 Å². The Hall–Kier alpha value is -0.120. The van der Waals surface area contributed by atoms with Crippen molar-refractivity contribution in [1.29, 1.82) is 0 Å². The zero-order valence-corrected chi connectivity index (χ0v) is 12.2. The first-order chi connectivity index (χ1) is 8.48. The topological polar surface area (TPSA) is 41.5 Å². The Balaban J connectivity index is 1.78. The predicted molar refractivity (Wildman–Crippen MR) is 73.6 cm³/mol. The molecule has 0 spiro atoms. The van der Waals surface area contributed by atoms with E-state index in [1.165, 1.54) is 19.3 Å². The summed E-state index contributed by atoms with van der Waals surface area (Å²) in [5.41, 5.74) is -0.258. The standard InChI is InChI=1S/C15H29NO2/c1-4-18-13-10-12(14(13,2)3)16-11-15(17)8-6-5-7-9-15/h12-13,16-17H,4-11H2,1-3H3. The predicted octanol–water partition coefficient (Wildman–Crippen LogP) is 2.47. The molecule has 2 N–H and O–H groups in total. The summed E-state index contributed by atoms with van der Waals surface area (Å²) in [6.45, 7) is 8.13. The summed E-state index contributed by atoms with van der Waals surface area (Å²) in [6.07, 6.45) is 7.01. The van der Waals surface area contributed by atoms with Gasteiger partial charge in [0.05, 0.1) is 11.7 Å². The Morgan fingerprint density at radius 1 is 1.22 bits per heavy atom. The van der Waals surface area contributed by atoms with Crippen molar-refractivity contribution in [3.8, 4) is 0 Å². The lowest BCUT2D eigenvalue weighted by atomic mass is 9.64. The molecule has 0 amide bonds. The summed E-state index contributed by atoms with van der Waals surface area (Å²) in [4.78, 5) is 0. The lowest BCUT2D eigenvalue weighted by Crippen LogP contribution is -2.63. The zero-order valence-electron chi connectivity index (χ0n) is 12.2. The summed E-state index contributed by atoms with van der Waals surface area (Å²) in [6, 6.07) is 0.486. The third-order valence-electron chi connectivity index (χ3n) is 5.01. The minimum Gasteiger partial charge on any atom is -0.389 e. The van der Waals surface area contributed by atoms with Gasteiger partial charge in [0.1, 0.15) is 0 Å². The summed E-state index contributed by atoms with van der Waals surface area (Å²) in [5, 5.41) is 14.1. The maximum absolute atomic E-state index is 10.5. The highest BCUT2D eigenvalue weighted by atomic mass is 16.5. The van der Waals surface area contributed by atoms with Crippen LogP contribution in [-0.2, 0) is 4.74 Å². The molecule has 0 radical (unpaired) electrons. The molecule has 0 saturated heterocycles. The van der Waals surface area contributed by atoms with Gasteiger partial charge in [0.2, 0.25) is 0 Å². The smallest absolute Gasteiger partial charge is 0.0771 e. The Morgan fingerprint density at radius 3 is 2.44 bits per heavy atom. The minimum absolute atomic E-state index is 0.195. The lowest BCUT2D eigenvalue weighted by molar-refractivity contribution is -0.119. The number of hydrogen-bond acceptors (Lipinski definition) is 3. The molecular formula is C15H29NO2. The van der Waals surface area contributed by atoms with Crippen LogP contribution in [0.3, 0.4) is 0 Å². The summed E-state index contributed by atoms with van der Waals surface area (Å²) >= 11 is 0. The molecule has 2 atom stereocenters. The molecule has 3 heteroatoms. The van der Waals surface area contributed by atoms with Crippen LogP contribution in [0.5, 0.6) is 0 Å². The monoisotopic (exact) mass is 255 g/mol. The minimum atomic E-state index is -0.453. The van der Waals surface area contributed by atoms with Crippen LogP contribution in [0.25, 0.3) is 0 Å². The van der Waals surface area contributed by atoms with E-state index < -0.39 is 5.60 Å². The first kappa shape index (κ1) is 14.3. The molecule has 106 valence electrons. The van der Waals surface area contributed by atoms with E-state index in [0.29, 0.717) is 12.1 Å². The van der Waals surface area contributed by atoms with Gasteiger partial charge in [0.15, 0.2) is 0 Å². The molecule has 2 fully saturated rings. The van der Waals surface area contributed by atoms with Crippen molar-refractivity contribution in [2.45, 2.75) is 77.0 Å². The highest BCUT2D eigenvalue weighted by Gasteiger charge is 2.49. The average Bonchev–Trinajstić information content (AvgIpc) is 2.33. The average molecular weight is 255 g/mol. The fourth-order valence-corrected chi connectivity index (χ4v) is 3.42. The highest BCUT2D eigenvalue weighted by Crippen LogP contribution is 2.43. The molecule has 2 aliphatic carbocycles. The van der Waals surface area contributed by atoms with Crippen molar-refractivity contribution in [2.75, 3.05) is 13.2 Å². The maximum Gasteiger partial charge on any atom is 0.0771 e. The van der Waals surface area contributed by atoms with Crippen LogP contribution in [0.4, 0.5) is 0 Å². The molecule has 0 bridgehead atoms. The van der Waals surface area contributed by atoms with Crippen molar-refractivity contribution in [1.82, 2.24) is 5.32 Å². The maximum atomic E-state index is 10.5. The van der Waals surface area contributed by atoms with Crippen LogP contribution < -0.4 is 5.32 Å². The van der Waals surface area contributed by atoms with Gasteiger partial charge < -0.3 is 15.2 Å². The van der Waals surface area contributed by atoms with Crippen molar-refractivity contribution < 1.29 is 9.84 Å². The zero-order chi connectivity index (χ0) is 13.2. The Labute approximate surface area is 111 Å². The van der Waals surface area contributed by atoms with Crippen molar-refractivity contribution in [2.24, 2.45) is 5.41 Å². The van der Waals surface area contributed by atoms with Crippen LogP contribution in [0, 0.1) is 5.41 Å². The van der Waals surface area contributed by atoms with E-state index in [4.69, 9.17) is 4.74 Å². The van der Waals surface area contributed by atoms with Crippen LogP contribution in [0.15, 0.2) is 0 Å². The van der Waals surface area contributed by atoms with Crippen LogP contribution >= 0.6 is 0 Å². The third kappa shape index (κ3) is 2.89. The highest BCUT2D eigenvalue weighted by molar-refractivity contribution is 5.03. The number of rotatable bonds is 5. The first-order valence-corrected chi connectivity index (χ1v) is 7.55. The van der Waals surface area contributed by atoms with Crippen LogP contribution in [0.2, 0.25) is 0 Å². The second-order valence-electron chi connectivity index (χ2n) is 6.72. The molecule has 2 saturated carbocycles. The largest absolute Gasteiger partial charge is 0.389 e. The molecular weight excluding hydrogens is 226 g/mol. The van der Waals surface area contributed by atoms with E-state index >= 15 is 0 Å². The van der Waals surface area contributed by atoms with Crippen LogP contribution in [-0.4, -0.2) is 36.0 Å². The molecule has 0 heterocycles. The van der Waals surface area contributed by atoms with E-state index in [1.54, 1.807) is 0 Å². The van der Waals surface area contributed by atoms with E-state index in [2.05, 4.69) is 26.1 Å². The molecule has 2 unspecified atom stereocenters. The molecule has 2 aliphatic rings. The van der Waals surface area contributed by atoms with E-state index in [1.807, 2.05) is 0 Å². The van der Waals surface area contributed by atoms with Gasteiger partial charge in [-0.1, -0.05) is 33.1 Å². The second-order valence-corrected chi connectivity index (χ2v) is 6.72. The Morgan fingerprint density at radius 2 is 1.89 bits per heavy atom. The summed E-state index contributed by atoms with van der Waals surface area (Å²) < 4.78 is 5.74. The van der Waals surface area contributed by atoms with Gasteiger partial charge in [-0.25, -0.2) is 0 Å². The quantitative estimate of drug-likeness (QED) is 0.793. The van der Waals surface area contributed by atoms with Crippen molar-refractivity contribution in [3.05, 3.63) is 0 Å². The fourth-order valence-electron chi connectivity index (χ4n) is 3.42. The van der Waals surface area contributed by atoms with Gasteiger partial charge in [0.25, 0.3) is 0 Å². The number of nitrogens with one attached hydrogen (secondary N) is 1. The molecule has 0 aromatic rings. The van der Waals surface area contributed by atoms with Gasteiger partial charge in [-0.2, -0.15) is 0 Å². The molecule has 0 aliphatic heterocycles.